The van der Waals surface area contributed by atoms with Crippen molar-refractivity contribution in [3.63, 3.8) is 0 Å². The molecular weight excluding hydrogens is 378 g/mol. The monoisotopic (exact) mass is 403 g/mol. The number of aromatic nitrogens is 5. The van der Waals surface area contributed by atoms with Crippen molar-refractivity contribution in [3.8, 4) is 0 Å². The summed E-state index contributed by atoms with van der Waals surface area (Å²) in [5.41, 5.74) is 4.88. The molecule has 154 valence electrons. The van der Waals surface area contributed by atoms with Crippen LogP contribution in [0.1, 0.15) is 41.8 Å². The smallest absolute Gasteiger partial charge is 0.303 e. The quantitative estimate of drug-likeness (QED) is 0.429. The molecule has 1 N–H and O–H groups in total. The number of nitrogens with zero attached hydrogens (tertiary/aromatic N) is 5. The lowest BCUT2D eigenvalue weighted by Gasteiger charge is -2.06. The fourth-order valence-electron chi connectivity index (χ4n) is 3.63. The SMILES string of the molecule is Cc1ccc(Cn2cc(Cc3nnn(CCCCC(=O)O)n3)c3ccccc32)cc1. The maximum Gasteiger partial charge on any atom is 0.303 e. The van der Waals surface area contributed by atoms with Crippen LogP contribution in [-0.2, 0) is 24.3 Å². The number of benzene rings is 2. The van der Waals surface area contributed by atoms with Gasteiger partial charge < -0.3 is 9.67 Å². The topological polar surface area (TPSA) is 85.8 Å². The Balaban J connectivity index is 1.49. The predicted octanol–water partition coefficient (Wildman–Crippen LogP) is 3.83. The lowest BCUT2D eigenvalue weighted by atomic mass is 10.1. The Bertz CT molecular complexity index is 1140. The molecule has 0 aliphatic heterocycles. The van der Waals surface area contributed by atoms with Gasteiger partial charge in [-0.25, -0.2) is 0 Å². The van der Waals surface area contributed by atoms with Crippen molar-refractivity contribution < 1.29 is 9.90 Å². The summed E-state index contributed by atoms with van der Waals surface area (Å²) in [6, 6.07) is 17.0. The molecular formula is C23H25N5O2. The fourth-order valence-corrected chi connectivity index (χ4v) is 3.63. The Morgan fingerprint density at radius 3 is 2.67 bits per heavy atom. The summed E-state index contributed by atoms with van der Waals surface area (Å²) < 4.78 is 2.27. The number of hydrogen-bond acceptors (Lipinski definition) is 4. The predicted molar refractivity (Wildman–Crippen MR) is 114 cm³/mol. The summed E-state index contributed by atoms with van der Waals surface area (Å²) in [7, 11) is 0. The molecule has 0 saturated heterocycles. The first-order chi connectivity index (χ1) is 14.6. The Morgan fingerprint density at radius 2 is 1.87 bits per heavy atom. The molecule has 0 amide bonds. The summed E-state index contributed by atoms with van der Waals surface area (Å²) in [6.07, 6.45) is 4.29. The lowest BCUT2D eigenvalue weighted by Crippen LogP contribution is -2.04. The van der Waals surface area contributed by atoms with Crippen LogP contribution in [-0.4, -0.2) is 35.9 Å². The average molecular weight is 403 g/mol. The van der Waals surface area contributed by atoms with Gasteiger partial charge in [0.2, 0.25) is 0 Å². The van der Waals surface area contributed by atoms with Crippen LogP contribution in [0.3, 0.4) is 0 Å². The summed E-state index contributed by atoms with van der Waals surface area (Å²) >= 11 is 0. The van der Waals surface area contributed by atoms with Gasteiger partial charge in [0, 0.05) is 36.5 Å². The van der Waals surface area contributed by atoms with Gasteiger partial charge in [-0.15, -0.1) is 10.2 Å². The number of hydrogen-bond donors (Lipinski definition) is 1. The van der Waals surface area contributed by atoms with Crippen molar-refractivity contribution in [1.29, 1.82) is 0 Å². The number of tetrazole rings is 1. The van der Waals surface area contributed by atoms with E-state index >= 15 is 0 Å². The van der Waals surface area contributed by atoms with Gasteiger partial charge in [-0.05, 0) is 42.2 Å². The molecule has 0 bridgehead atoms. The molecule has 0 fully saturated rings. The second-order valence-corrected chi connectivity index (χ2v) is 7.61. The molecule has 7 heteroatoms. The zero-order valence-electron chi connectivity index (χ0n) is 17.0. The van der Waals surface area contributed by atoms with E-state index in [4.69, 9.17) is 5.11 Å². The molecule has 0 atom stereocenters. The zero-order valence-corrected chi connectivity index (χ0v) is 17.0. The Morgan fingerprint density at radius 1 is 1.07 bits per heavy atom. The first-order valence-electron chi connectivity index (χ1n) is 10.2. The minimum Gasteiger partial charge on any atom is -0.481 e. The maximum atomic E-state index is 10.6. The molecule has 4 aromatic rings. The molecule has 0 aliphatic carbocycles. The molecule has 2 aromatic heterocycles. The highest BCUT2D eigenvalue weighted by molar-refractivity contribution is 5.84. The van der Waals surface area contributed by atoms with Crippen LogP contribution in [0.4, 0.5) is 0 Å². The van der Waals surface area contributed by atoms with E-state index in [1.54, 1.807) is 4.80 Å². The van der Waals surface area contributed by atoms with Crippen molar-refractivity contribution in [2.45, 2.75) is 45.7 Å². The van der Waals surface area contributed by atoms with E-state index in [0.29, 0.717) is 25.2 Å². The third kappa shape index (κ3) is 4.74. The van der Waals surface area contributed by atoms with Gasteiger partial charge in [0.25, 0.3) is 0 Å². The number of carboxylic acid groups (broad SMARTS) is 1. The second-order valence-electron chi connectivity index (χ2n) is 7.61. The number of unbranched alkanes of at least 4 members (excludes halogenated alkanes) is 1. The highest BCUT2D eigenvalue weighted by Crippen LogP contribution is 2.24. The minimum absolute atomic E-state index is 0.169. The molecule has 2 heterocycles. The van der Waals surface area contributed by atoms with E-state index in [9.17, 15) is 4.79 Å². The number of carboxylic acids is 1. The fraction of sp³-hybridized carbons (Fsp3) is 0.304. The van der Waals surface area contributed by atoms with Crippen molar-refractivity contribution in [2.24, 2.45) is 0 Å². The van der Waals surface area contributed by atoms with Gasteiger partial charge >= 0.3 is 5.97 Å². The van der Waals surface area contributed by atoms with E-state index in [2.05, 4.69) is 81.6 Å². The average Bonchev–Trinajstić information content (AvgIpc) is 3.32. The van der Waals surface area contributed by atoms with Crippen molar-refractivity contribution in [3.05, 3.63) is 77.2 Å². The molecule has 2 aromatic carbocycles. The minimum atomic E-state index is -0.774. The largest absolute Gasteiger partial charge is 0.481 e. The number of para-hydroxylation sites is 1. The first-order valence-corrected chi connectivity index (χ1v) is 10.2. The highest BCUT2D eigenvalue weighted by Gasteiger charge is 2.12. The standard InChI is InChI=1S/C23H25N5O2/c1-17-9-11-18(12-10-17)15-27-16-19(20-6-2-3-7-21(20)27)14-22-24-26-28(25-22)13-5-4-8-23(29)30/h2-3,6-7,9-12,16H,4-5,8,13-15H2,1H3,(H,29,30). The van der Waals surface area contributed by atoms with E-state index < -0.39 is 5.97 Å². The van der Waals surface area contributed by atoms with Gasteiger partial charge in [0.15, 0.2) is 5.82 Å². The normalized spacial score (nSPS) is 11.2. The third-order valence-electron chi connectivity index (χ3n) is 5.19. The molecule has 30 heavy (non-hydrogen) atoms. The molecule has 0 radical (unpaired) electrons. The number of rotatable bonds is 9. The van der Waals surface area contributed by atoms with Gasteiger partial charge in [-0.2, -0.15) is 4.80 Å². The van der Waals surface area contributed by atoms with E-state index in [0.717, 1.165) is 13.0 Å². The summed E-state index contributed by atoms with van der Waals surface area (Å²) in [4.78, 5) is 12.2. The van der Waals surface area contributed by atoms with Gasteiger partial charge in [-0.3, -0.25) is 4.79 Å². The van der Waals surface area contributed by atoms with Crippen LogP contribution in [0, 0.1) is 6.92 Å². The molecule has 7 nitrogen and oxygen atoms in total. The highest BCUT2D eigenvalue weighted by atomic mass is 16.4. The zero-order chi connectivity index (χ0) is 20.9. The van der Waals surface area contributed by atoms with Crippen LogP contribution < -0.4 is 0 Å². The van der Waals surface area contributed by atoms with Gasteiger partial charge in [0.1, 0.15) is 0 Å². The molecule has 0 spiro atoms. The third-order valence-corrected chi connectivity index (χ3v) is 5.19. The lowest BCUT2D eigenvalue weighted by molar-refractivity contribution is -0.137. The molecule has 4 rings (SSSR count). The van der Waals surface area contributed by atoms with Gasteiger partial charge in [-0.1, -0.05) is 48.0 Å². The number of fused-ring (bicyclic) bond motifs is 1. The molecule has 0 aliphatic rings. The van der Waals surface area contributed by atoms with Crippen molar-refractivity contribution in [1.82, 2.24) is 24.8 Å². The summed E-state index contributed by atoms with van der Waals surface area (Å²) in [6.45, 7) is 3.49. The maximum absolute atomic E-state index is 10.6. The number of aliphatic carboxylic acids is 1. The Hall–Kier alpha value is -3.48. The van der Waals surface area contributed by atoms with Crippen LogP contribution in [0.5, 0.6) is 0 Å². The van der Waals surface area contributed by atoms with Crippen LogP contribution in [0.15, 0.2) is 54.7 Å². The van der Waals surface area contributed by atoms with E-state index in [-0.39, 0.29) is 6.42 Å². The first kappa shape index (κ1) is 19.8. The Labute approximate surface area is 175 Å². The Kier molecular flexibility index (Phi) is 5.88. The second kappa shape index (κ2) is 8.90. The number of aryl methyl sites for hydroxylation is 2. The van der Waals surface area contributed by atoms with E-state index in [1.807, 2.05) is 0 Å². The van der Waals surface area contributed by atoms with Crippen LogP contribution in [0.2, 0.25) is 0 Å². The summed E-state index contributed by atoms with van der Waals surface area (Å²) in [5.74, 6) is -0.101. The number of carbonyl (C=O) groups is 1. The van der Waals surface area contributed by atoms with Crippen LogP contribution in [0.25, 0.3) is 10.9 Å². The van der Waals surface area contributed by atoms with Crippen molar-refractivity contribution in [2.75, 3.05) is 0 Å². The van der Waals surface area contributed by atoms with Gasteiger partial charge in [0.05, 0.1) is 6.54 Å². The summed E-state index contributed by atoms with van der Waals surface area (Å²) in [5, 5.41) is 22.7. The van der Waals surface area contributed by atoms with E-state index in [1.165, 1.54) is 27.6 Å². The van der Waals surface area contributed by atoms with Crippen molar-refractivity contribution >= 4 is 16.9 Å². The molecule has 0 unspecified atom stereocenters. The molecule has 0 saturated carbocycles. The van der Waals surface area contributed by atoms with Crippen LogP contribution >= 0.6 is 0 Å².